The fourth-order valence-corrected chi connectivity index (χ4v) is 11.2. The van der Waals surface area contributed by atoms with Gasteiger partial charge >= 0.3 is 0 Å². The second-order valence-corrected chi connectivity index (χ2v) is 16.8. The highest BCUT2D eigenvalue weighted by atomic mass is 16.3. The van der Waals surface area contributed by atoms with Crippen molar-refractivity contribution in [2.45, 2.75) is 129 Å². The minimum absolute atomic E-state index is 0.0747. The van der Waals surface area contributed by atoms with E-state index in [2.05, 4.69) is 36.3 Å². The van der Waals surface area contributed by atoms with E-state index >= 15 is 0 Å². The summed E-state index contributed by atoms with van der Waals surface area (Å²) in [7, 11) is 0. The number of aliphatic hydroxyl groups is 2. The smallest absolute Gasteiger partial charge is 0.243 e. The quantitative estimate of drug-likeness (QED) is 0.259. The highest BCUT2D eigenvalue weighted by Gasteiger charge is 2.61. The molecule has 9 heteroatoms. The standard InChI is InChI=1S/C40H62N4O5/c1-4-5-7-12-36(47)42-32(23-27-10-8-6-9-11-27)38(49)41-26-37(48)44-21-19-43(20-22-44)33-25-40(3)28(24-34(33)45)13-14-29-30-15-16-35(46)39(30,2)18-17-31(29)40/h6,8-11,28-35,45-46H,4-5,7,12-26H2,1-3H3,(H,41,49)(H,42,47)/t28-,29-,30-,31-,32-,33-,34-,35-,39-,40-/m0/s1. The Bertz CT molecular complexity index is 1300. The predicted molar refractivity (Wildman–Crippen MR) is 190 cm³/mol. The monoisotopic (exact) mass is 678 g/mol. The second kappa shape index (κ2) is 15.4. The van der Waals surface area contributed by atoms with Gasteiger partial charge in [-0.1, -0.05) is 63.9 Å². The molecule has 6 rings (SSSR count). The molecule has 3 amide bonds. The van der Waals surface area contributed by atoms with Crippen LogP contribution in [-0.2, 0) is 20.8 Å². The number of nitrogens with zero attached hydrogens (tertiary/aromatic N) is 2. The average molecular weight is 679 g/mol. The van der Waals surface area contributed by atoms with E-state index in [1.807, 2.05) is 35.2 Å². The number of hydrogen-bond acceptors (Lipinski definition) is 6. The number of aliphatic hydroxyl groups excluding tert-OH is 2. The van der Waals surface area contributed by atoms with Crippen LogP contribution in [0.3, 0.4) is 0 Å². The van der Waals surface area contributed by atoms with Crippen molar-refractivity contribution in [3.63, 3.8) is 0 Å². The Kier molecular flexibility index (Phi) is 11.4. The number of fused-ring (bicyclic) bond motifs is 5. The zero-order valence-corrected chi connectivity index (χ0v) is 30.2. The summed E-state index contributed by atoms with van der Waals surface area (Å²) in [6.45, 7) is 9.43. The van der Waals surface area contributed by atoms with Crippen molar-refractivity contribution >= 4 is 17.7 Å². The van der Waals surface area contributed by atoms with Gasteiger partial charge in [-0.25, -0.2) is 0 Å². The van der Waals surface area contributed by atoms with Gasteiger partial charge in [-0.15, -0.1) is 0 Å². The maximum absolute atomic E-state index is 13.3. The second-order valence-electron chi connectivity index (χ2n) is 16.8. The van der Waals surface area contributed by atoms with Crippen molar-refractivity contribution < 1.29 is 24.6 Å². The molecule has 1 saturated heterocycles. The Morgan fingerprint density at radius 1 is 0.918 bits per heavy atom. The lowest BCUT2D eigenvalue weighted by molar-refractivity contribution is -0.156. The van der Waals surface area contributed by atoms with Crippen LogP contribution in [0.1, 0.15) is 103 Å². The SMILES string of the molecule is CCCCCC(=O)N[C@@H](Cc1ccccc1)C(=O)NCC(=O)N1CCN([C@H]2C[C@@]3(C)[C@@H](CC[C@@H]4[C@@H]3CC[C@]3(C)[C@@H](O)CC[C@@H]43)C[C@@H]2O)CC1. The summed E-state index contributed by atoms with van der Waals surface area (Å²) in [5.74, 6) is 1.91. The summed E-state index contributed by atoms with van der Waals surface area (Å²) < 4.78 is 0. The number of amides is 3. The van der Waals surface area contributed by atoms with Crippen LogP contribution in [0.15, 0.2) is 30.3 Å². The molecule has 49 heavy (non-hydrogen) atoms. The third-order valence-corrected chi connectivity index (χ3v) is 14.1. The number of carbonyl (C=O) groups excluding carboxylic acids is 3. The largest absolute Gasteiger partial charge is 0.393 e. The molecule has 0 spiro atoms. The van der Waals surface area contributed by atoms with Crippen molar-refractivity contribution in [2.24, 2.45) is 34.5 Å². The summed E-state index contributed by atoms with van der Waals surface area (Å²) >= 11 is 0. The summed E-state index contributed by atoms with van der Waals surface area (Å²) in [5, 5.41) is 28.1. The van der Waals surface area contributed by atoms with Crippen molar-refractivity contribution in [3.8, 4) is 0 Å². The zero-order chi connectivity index (χ0) is 34.8. The molecule has 9 nitrogen and oxygen atoms in total. The van der Waals surface area contributed by atoms with Crippen LogP contribution >= 0.6 is 0 Å². The summed E-state index contributed by atoms with van der Waals surface area (Å²) in [4.78, 5) is 43.5. The van der Waals surface area contributed by atoms with E-state index in [9.17, 15) is 24.6 Å². The van der Waals surface area contributed by atoms with Gasteiger partial charge in [-0.05, 0) is 97.9 Å². The molecule has 0 bridgehead atoms. The molecule has 1 aliphatic heterocycles. The van der Waals surface area contributed by atoms with Gasteiger partial charge in [-0.2, -0.15) is 0 Å². The van der Waals surface area contributed by atoms with Gasteiger partial charge in [0.25, 0.3) is 0 Å². The first-order valence-electron chi connectivity index (χ1n) is 19.5. The first kappa shape index (κ1) is 36.3. The molecule has 5 fully saturated rings. The topological polar surface area (TPSA) is 122 Å². The third kappa shape index (κ3) is 7.59. The Labute approximate surface area is 294 Å². The first-order chi connectivity index (χ1) is 23.5. The van der Waals surface area contributed by atoms with Crippen LogP contribution in [0.2, 0.25) is 0 Å². The number of carbonyl (C=O) groups is 3. The maximum atomic E-state index is 13.3. The fourth-order valence-electron chi connectivity index (χ4n) is 11.2. The first-order valence-corrected chi connectivity index (χ1v) is 19.5. The minimum atomic E-state index is -0.741. The molecule has 1 aromatic carbocycles. The van der Waals surface area contributed by atoms with Gasteiger partial charge in [0.2, 0.25) is 17.7 Å². The third-order valence-electron chi connectivity index (χ3n) is 14.1. The van der Waals surface area contributed by atoms with Crippen LogP contribution in [0.4, 0.5) is 0 Å². The summed E-state index contributed by atoms with van der Waals surface area (Å²) in [6.07, 6.45) is 11.7. The van der Waals surface area contributed by atoms with Crippen molar-refractivity contribution in [1.29, 1.82) is 0 Å². The normalized spacial score (nSPS) is 36.6. The van der Waals surface area contributed by atoms with E-state index in [0.717, 1.165) is 56.9 Å². The van der Waals surface area contributed by atoms with Gasteiger partial charge in [0.05, 0.1) is 18.8 Å². The number of rotatable bonds is 11. The Balaban J connectivity index is 1.01. The molecular formula is C40H62N4O5. The molecule has 0 radical (unpaired) electrons. The minimum Gasteiger partial charge on any atom is -0.393 e. The Morgan fingerprint density at radius 2 is 1.65 bits per heavy atom. The van der Waals surface area contributed by atoms with Crippen molar-refractivity contribution in [3.05, 3.63) is 35.9 Å². The molecule has 272 valence electrons. The van der Waals surface area contributed by atoms with E-state index < -0.39 is 6.04 Å². The molecule has 10 atom stereocenters. The van der Waals surface area contributed by atoms with Crippen LogP contribution < -0.4 is 10.6 Å². The van der Waals surface area contributed by atoms with Crippen molar-refractivity contribution in [2.75, 3.05) is 32.7 Å². The van der Waals surface area contributed by atoms with Crippen LogP contribution in [0, 0.1) is 34.5 Å². The lowest BCUT2D eigenvalue weighted by Gasteiger charge is -2.62. The predicted octanol–water partition coefficient (Wildman–Crippen LogP) is 4.30. The molecule has 1 heterocycles. The highest BCUT2D eigenvalue weighted by Crippen LogP contribution is 2.66. The van der Waals surface area contributed by atoms with Gasteiger partial charge < -0.3 is 25.7 Å². The van der Waals surface area contributed by atoms with E-state index in [0.29, 0.717) is 62.7 Å². The van der Waals surface area contributed by atoms with Gasteiger partial charge in [-0.3, -0.25) is 19.3 Å². The van der Waals surface area contributed by atoms with Gasteiger partial charge in [0, 0.05) is 45.1 Å². The number of hydrogen-bond donors (Lipinski definition) is 4. The molecule has 0 unspecified atom stereocenters. The molecule has 4 N–H and O–H groups in total. The van der Waals surface area contributed by atoms with Gasteiger partial charge in [0.1, 0.15) is 6.04 Å². The molecule has 5 aliphatic rings. The van der Waals surface area contributed by atoms with E-state index in [1.165, 1.54) is 19.3 Å². The number of unbranched alkanes of at least 4 members (excludes halogenated alkanes) is 2. The highest BCUT2D eigenvalue weighted by molar-refractivity contribution is 5.90. The number of benzene rings is 1. The number of nitrogens with one attached hydrogen (secondary N) is 2. The molecule has 0 aromatic heterocycles. The molecule has 1 aromatic rings. The maximum Gasteiger partial charge on any atom is 0.243 e. The zero-order valence-electron chi connectivity index (χ0n) is 30.2. The van der Waals surface area contributed by atoms with Crippen LogP contribution in [0.5, 0.6) is 0 Å². The van der Waals surface area contributed by atoms with Gasteiger partial charge in [0.15, 0.2) is 0 Å². The Morgan fingerprint density at radius 3 is 2.39 bits per heavy atom. The Hall–Kier alpha value is -2.49. The summed E-state index contributed by atoms with van der Waals surface area (Å²) in [6, 6.07) is 8.99. The van der Waals surface area contributed by atoms with E-state index in [4.69, 9.17) is 0 Å². The lowest BCUT2D eigenvalue weighted by Crippen LogP contribution is -2.62. The molecule has 4 aliphatic carbocycles. The number of piperazine rings is 1. The van der Waals surface area contributed by atoms with Crippen molar-refractivity contribution in [1.82, 2.24) is 20.4 Å². The van der Waals surface area contributed by atoms with E-state index in [-0.39, 0.29) is 53.3 Å². The molecule has 4 saturated carbocycles. The fraction of sp³-hybridized carbons (Fsp3) is 0.775. The lowest BCUT2D eigenvalue weighted by atomic mass is 9.44. The molecular weight excluding hydrogens is 616 g/mol. The van der Waals surface area contributed by atoms with Crippen LogP contribution in [-0.4, -0.2) is 94.7 Å². The average Bonchev–Trinajstić information content (AvgIpc) is 3.41. The van der Waals surface area contributed by atoms with Crippen LogP contribution in [0.25, 0.3) is 0 Å². The summed E-state index contributed by atoms with van der Waals surface area (Å²) in [5.41, 5.74) is 1.22. The van der Waals surface area contributed by atoms with E-state index in [1.54, 1.807) is 0 Å².